The molecule has 2 amide bonds. The van der Waals surface area contributed by atoms with E-state index in [0.717, 1.165) is 5.69 Å². The van der Waals surface area contributed by atoms with Crippen LogP contribution < -0.4 is 15.8 Å². The SMILES string of the molecule is COCCn1cc(NC(=O)N2CCN(c3ccc(F)cc3)CC2)ccc1=O. The van der Waals surface area contributed by atoms with E-state index in [0.29, 0.717) is 45.0 Å². The van der Waals surface area contributed by atoms with Crippen LogP contribution in [0, 0.1) is 5.82 Å². The molecule has 8 heteroatoms. The highest BCUT2D eigenvalue weighted by molar-refractivity contribution is 5.89. The third kappa shape index (κ3) is 4.85. The number of benzene rings is 1. The van der Waals surface area contributed by atoms with Crippen molar-refractivity contribution in [3.8, 4) is 0 Å². The van der Waals surface area contributed by atoms with E-state index in [2.05, 4.69) is 10.2 Å². The molecule has 0 aliphatic carbocycles. The lowest BCUT2D eigenvalue weighted by Crippen LogP contribution is -2.50. The van der Waals surface area contributed by atoms with Crippen molar-refractivity contribution in [1.82, 2.24) is 9.47 Å². The number of carbonyl (C=O) groups is 1. The zero-order valence-electron chi connectivity index (χ0n) is 15.2. The first kappa shape index (κ1) is 18.9. The maximum Gasteiger partial charge on any atom is 0.322 e. The normalized spacial score (nSPS) is 14.3. The molecule has 0 spiro atoms. The minimum Gasteiger partial charge on any atom is -0.383 e. The van der Waals surface area contributed by atoms with Gasteiger partial charge in [-0.1, -0.05) is 0 Å². The number of nitrogens with one attached hydrogen (secondary N) is 1. The Labute approximate surface area is 157 Å². The number of ether oxygens (including phenoxy) is 1. The van der Waals surface area contributed by atoms with E-state index < -0.39 is 0 Å². The molecular formula is C19H23FN4O3. The van der Waals surface area contributed by atoms with Gasteiger partial charge in [0.2, 0.25) is 0 Å². The second-order valence-electron chi connectivity index (χ2n) is 6.32. The third-order valence-electron chi connectivity index (χ3n) is 4.53. The molecular weight excluding hydrogens is 351 g/mol. The van der Waals surface area contributed by atoms with Crippen LogP contribution in [-0.4, -0.2) is 55.4 Å². The van der Waals surface area contributed by atoms with E-state index in [1.165, 1.54) is 22.8 Å². The lowest BCUT2D eigenvalue weighted by molar-refractivity contribution is 0.186. The fourth-order valence-corrected chi connectivity index (χ4v) is 2.99. The molecule has 1 N–H and O–H groups in total. The van der Waals surface area contributed by atoms with Crippen LogP contribution in [-0.2, 0) is 11.3 Å². The molecule has 0 bridgehead atoms. The predicted octanol–water partition coefficient (Wildman–Crippen LogP) is 1.99. The lowest BCUT2D eigenvalue weighted by atomic mass is 10.2. The largest absolute Gasteiger partial charge is 0.383 e. The predicted molar refractivity (Wildman–Crippen MR) is 102 cm³/mol. The molecule has 0 atom stereocenters. The van der Waals surface area contributed by atoms with Crippen LogP contribution in [0.3, 0.4) is 0 Å². The van der Waals surface area contributed by atoms with E-state index >= 15 is 0 Å². The molecule has 3 rings (SSSR count). The molecule has 1 fully saturated rings. The van der Waals surface area contributed by atoms with Crippen LogP contribution in [0.25, 0.3) is 0 Å². The highest BCUT2D eigenvalue weighted by Gasteiger charge is 2.21. The summed E-state index contributed by atoms with van der Waals surface area (Å²) in [5, 5.41) is 2.84. The van der Waals surface area contributed by atoms with Gasteiger partial charge in [0, 0.05) is 57.8 Å². The van der Waals surface area contributed by atoms with Crippen molar-refractivity contribution >= 4 is 17.4 Å². The molecule has 1 aromatic carbocycles. The number of anilines is 2. The second kappa shape index (κ2) is 8.68. The molecule has 0 unspecified atom stereocenters. The first-order valence-electron chi connectivity index (χ1n) is 8.83. The average molecular weight is 374 g/mol. The summed E-state index contributed by atoms with van der Waals surface area (Å²) in [5.74, 6) is -0.261. The van der Waals surface area contributed by atoms with E-state index in [-0.39, 0.29) is 17.4 Å². The van der Waals surface area contributed by atoms with Gasteiger partial charge < -0.3 is 24.4 Å². The maximum atomic E-state index is 13.0. The summed E-state index contributed by atoms with van der Waals surface area (Å²) in [5.41, 5.74) is 1.37. The molecule has 144 valence electrons. The van der Waals surface area contributed by atoms with Crippen molar-refractivity contribution in [2.24, 2.45) is 0 Å². The number of urea groups is 1. The molecule has 1 saturated heterocycles. The summed E-state index contributed by atoms with van der Waals surface area (Å²) in [6, 6.07) is 9.18. The van der Waals surface area contributed by atoms with E-state index in [9.17, 15) is 14.0 Å². The number of piperazine rings is 1. The number of hydrogen-bond acceptors (Lipinski definition) is 4. The molecule has 1 aromatic heterocycles. The zero-order valence-corrected chi connectivity index (χ0v) is 15.2. The molecule has 2 heterocycles. The Hall–Kier alpha value is -2.87. The van der Waals surface area contributed by atoms with Gasteiger partial charge in [0.25, 0.3) is 5.56 Å². The van der Waals surface area contributed by atoms with E-state index in [1.54, 1.807) is 36.4 Å². The molecule has 0 saturated carbocycles. The van der Waals surface area contributed by atoms with Gasteiger partial charge in [0.05, 0.1) is 12.3 Å². The Balaban J connectivity index is 1.56. The van der Waals surface area contributed by atoms with Gasteiger partial charge in [-0.2, -0.15) is 0 Å². The Kier molecular flexibility index (Phi) is 6.08. The topological polar surface area (TPSA) is 66.8 Å². The number of hydrogen-bond donors (Lipinski definition) is 1. The van der Waals surface area contributed by atoms with Crippen LogP contribution in [0.5, 0.6) is 0 Å². The first-order valence-corrected chi connectivity index (χ1v) is 8.83. The average Bonchev–Trinajstić information content (AvgIpc) is 2.69. The monoisotopic (exact) mass is 374 g/mol. The van der Waals surface area contributed by atoms with Crippen molar-refractivity contribution in [3.05, 3.63) is 58.8 Å². The maximum absolute atomic E-state index is 13.0. The summed E-state index contributed by atoms with van der Waals surface area (Å²) >= 11 is 0. The third-order valence-corrected chi connectivity index (χ3v) is 4.53. The minimum atomic E-state index is -0.261. The minimum absolute atomic E-state index is 0.141. The van der Waals surface area contributed by atoms with Crippen LogP contribution in [0.2, 0.25) is 0 Å². The van der Waals surface area contributed by atoms with E-state index in [4.69, 9.17) is 4.74 Å². The van der Waals surface area contributed by atoms with Gasteiger partial charge in [-0.05, 0) is 30.3 Å². The number of aromatic nitrogens is 1. The van der Waals surface area contributed by atoms with Crippen molar-refractivity contribution in [1.29, 1.82) is 0 Å². The fraction of sp³-hybridized carbons (Fsp3) is 0.368. The Bertz CT molecular complexity index is 830. The summed E-state index contributed by atoms with van der Waals surface area (Å²) in [6.07, 6.45) is 1.62. The fourth-order valence-electron chi connectivity index (χ4n) is 2.99. The van der Waals surface area contributed by atoms with Crippen LogP contribution >= 0.6 is 0 Å². The molecule has 2 aromatic rings. The molecule has 1 aliphatic rings. The summed E-state index contributed by atoms with van der Waals surface area (Å²) < 4.78 is 19.5. The van der Waals surface area contributed by atoms with Crippen molar-refractivity contribution < 1.29 is 13.9 Å². The van der Waals surface area contributed by atoms with Gasteiger partial charge in [-0.25, -0.2) is 9.18 Å². The van der Waals surface area contributed by atoms with Gasteiger partial charge in [0.15, 0.2) is 0 Å². The quantitative estimate of drug-likeness (QED) is 0.869. The van der Waals surface area contributed by atoms with Crippen molar-refractivity contribution in [2.75, 3.05) is 50.1 Å². The van der Waals surface area contributed by atoms with Crippen LogP contribution in [0.1, 0.15) is 0 Å². The number of halogens is 1. The molecule has 1 aliphatic heterocycles. The van der Waals surface area contributed by atoms with Crippen LogP contribution in [0.15, 0.2) is 47.4 Å². The standard InChI is InChI=1S/C19H23FN4O3/c1-27-13-12-24-14-16(4-7-18(24)25)21-19(26)23-10-8-22(9-11-23)17-5-2-15(20)3-6-17/h2-7,14H,8-13H2,1H3,(H,21,26). The highest BCUT2D eigenvalue weighted by Crippen LogP contribution is 2.17. The summed E-state index contributed by atoms with van der Waals surface area (Å²) in [4.78, 5) is 28.2. The van der Waals surface area contributed by atoms with Crippen LogP contribution in [0.4, 0.5) is 20.6 Å². The molecule has 27 heavy (non-hydrogen) atoms. The number of nitrogens with zero attached hydrogens (tertiary/aromatic N) is 3. The van der Waals surface area contributed by atoms with Gasteiger partial charge in [-0.15, -0.1) is 0 Å². The lowest BCUT2D eigenvalue weighted by Gasteiger charge is -2.36. The van der Waals surface area contributed by atoms with Gasteiger partial charge in [-0.3, -0.25) is 4.79 Å². The number of amides is 2. The Morgan fingerprint density at radius 2 is 1.81 bits per heavy atom. The summed E-state index contributed by atoms with van der Waals surface area (Å²) in [7, 11) is 1.57. The summed E-state index contributed by atoms with van der Waals surface area (Å²) in [6.45, 7) is 3.32. The van der Waals surface area contributed by atoms with Gasteiger partial charge in [0.1, 0.15) is 5.82 Å². The zero-order chi connectivity index (χ0) is 19.2. The smallest absolute Gasteiger partial charge is 0.322 e. The number of methoxy groups -OCH3 is 1. The Morgan fingerprint density at radius 1 is 1.11 bits per heavy atom. The van der Waals surface area contributed by atoms with Crippen molar-refractivity contribution in [2.45, 2.75) is 6.54 Å². The molecule has 0 radical (unpaired) electrons. The van der Waals surface area contributed by atoms with Crippen molar-refractivity contribution in [3.63, 3.8) is 0 Å². The number of carbonyl (C=O) groups excluding carboxylic acids is 1. The first-order chi connectivity index (χ1) is 13.1. The number of rotatable bonds is 5. The second-order valence-corrected chi connectivity index (χ2v) is 6.32. The number of pyridine rings is 1. The van der Waals surface area contributed by atoms with E-state index in [1.807, 2.05) is 0 Å². The Morgan fingerprint density at radius 3 is 2.48 bits per heavy atom. The highest BCUT2D eigenvalue weighted by atomic mass is 19.1. The molecule has 7 nitrogen and oxygen atoms in total. The van der Waals surface area contributed by atoms with Gasteiger partial charge >= 0.3 is 6.03 Å².